The lowest BCUT2D eigenvalue weighted by Gasteiger charge is -2.21. The van der Waals surface area contributed by atoms with Crippen LogP contribution < -0.4 is 16.4 Å². The molecule has 0 aliphatic rings. The highest BCUT2D eigenvalue weighted by molar-refractivity contribution is 7.18. The molecule has 0 bridgehead atoms. The number of carbonyl (C=O) groups is 3. The Morgan fingerprint density at radius 1 is 0.977 bits per heavy atom. The van der Waals surface area contributed by atoms with Crippen molar-refractivity contribution in [1.82, 2.24) is 14.8 Å². The standard InChI is InChI=1S/C25H21FN6O2S.C4H4O4/c26-17-2-1-3-19(10-17)32(25(28)34)18-6-4-15(5-7-18)21-14-35-23-20(12-29-24(27)22(21)23)16-11-30-31(13-16)8-9-33;5-3(6)1-2-4(7)8/h1-7,10-14,33H,8-9H2,(H2,27,29)(H2,28,34);1-2H,(H,5,6)(H,7,8). The Hall–Kier alpha value is -5.60. The number of aliphatic carboxylic acids is 2. The van der Waals surface area contributed by atoms with Crippen LogP contribution in [0.2, 0.25) is 0 Å². The van der Waals surface area contributed by atoms with Crippen molar-refractivity contribution in [2.24, 2.45) is 5.73 Å². The number of carbonyl (C=O) groups excluding carboxylic acids is 1. The number of nitrogens with zero attached hydrogens (tertiary/aromatic N) is 4. The van der Waals surface area contributed by atoms with Crippen molar-refractivity contribution in [3.63, 3.8) is 0 Å². The van der Waals surface area contributed by atoms with Crippen LogP contribution in [0.25, 0.3) is 32.3 Å². The average molecular weight is 605 g/mol. The monoisotopic (exact) mass is 604 g/mol. The molecule has 7 N–H and O–H groups in total. The molecule has 43 heavy (non-hydrogen) atoms. The highest BCUT2D eigenvalue weighted by Crippen LogP contribution is 2.42. The van der Waals surface area contributed by atoms with Crippen LogP contribution in [-0.4, -0.2) is 54.7 Å². The first-order valence-electron chi connectivity index (χ1n) is 12.5. The van der Waals surface area contributed by atoms with E-state index in [9.17, 15) is 18.8 Å². The number of urea groups is 1. The van der Waals surface area contributed by atoms with E-state index < -0.39 is 23.8 Å². The fraction of sp³-hybridized carbons (Fsp3) is 0.0690. The van der Waals surface area contributed by atoms with Crippen LogP contribution in [0.15, 0.2) is 84.7 Å². The minimum Gasteiger partial charge on any atom is -0.478 e. The quantitative estimate of drug-likeness (QED) is 0.159. The molecule has 0 unspecified atom stereocenters. The van der Waals surface area contributed by atoms with E-state index in [2.05, 4.69) is 10.1 Å². The molecule has 2 amide bonds. The molecule has 0 fully saturated rings. The number of carboxylic acid groups (broad SMARTS) is 2. The fourth-order valence-electron chi connectivity index (χ4n) is 4.16. The summed E-state index contributed by atoms with van der Waals surface area (Å²) >= 11 is 1.55. The van der Waals surface area contributed by atoms with Crippen molar-refractivity contribution in [2.45, 2.75) is 6.54 Å². The van der Waals surface area contributed by atoms with Crippen molar-refractivity contribution < 1.29 is 34.1 Å². The zero-order valence-corrected chi connectivity index (χ0v) is 23.1. The lowest BCUT2D eigenvalue weighted by Crippen LogP contribution is -2.31. The van der Waals surface area contributed by atoms with Crippen LogP contribution in [0.3, 0.4) is 0 Å². The van der Waals surface area contributed by atoms with Gasteiger partial charge in [0.2, 0.25) is 0 Å². The van der Waals surface area contributed by atoms with Crippen LogP contribution in [0.5, 0.6) is 0 Å². The number of aliphatic hydroxyl groups excluding tert-OH is 1. The first kappa shape index (κ1) is 30.4. The lowest BCUT2D eigenvalue weighted by molar-refractivity contribution is -0.134. The van der Waals surface area contributed by atoms with Crippen molar-refractivity contribution in [3.05, 3.63) is 90.5 Å². The molecule has 0 aliphatic heterocycles. The predicted octanol–water partition coefficient (Wildman–Crippen LogP) is 4.47. The van der Waals surface area contributed by atoms with Crippen LogP contribution >= 0.6 is 11.3 Å². The number of aromatic nitrogens is 3. The van der Waals surface area contributed by atoms with Crippen molar-refractivity contribution >= 4 is 56.6 Å². The zero-order valence-electron chi connectivity index (χ0n) is 22.3. The summed E-state index contributed by atoms with van der Waals surface area (Å²) in [6.07, 6.45) is 6.44. The highest BCUT2D eigenvalue weighted by atomic mass is 32.1. The molecule has 3 aromatic heterocycles. The van der Waals surface area contributed by atoms with Gasteiger partial charge in [0.15, 0.2) is 0 Å². The molecule has 0 atom stereocenters. The van der Waals surface area contributed by atoms with Gasteiger partial charge in [-0.2, -0.15) is 5.10 Å². The van der Waals surface area contributed by atoms with Gasteiger partial charge < -0.3 is 26.8 Å². The maximum Gasteiger partial charge on any atom is 0.328 e. The minimum absolute atomic E-state index is 0.00204. The number of anilines is 3. The first-order valence-corrected chi connectivity index (χ1v) is 13.4. The maximum absolute atomic E-state index is 13.7. The molecule has 3 heterocycles. The number of nitrogens with two attached hydrogens (primary N) is 2. The fourth-order valence-corrected chi connectivity index (χ4v) is 5.28. The summed E-state index contributed by atoms with van der Waals surface area (Å²) in [5.74, 6) is -2.57. The lowest BCUT2D eigenvalue weighted by atomic mass is 10.0. The summed E-state index contributed by atoms with van der Waals surface area (Å²) in [7, 11) is 0. The predicted molar refractivity (Wildman–Crippen MR) is 160 cm³/mol. The van der Waals surface area contributed by atoms with Crippen molar-refractivity contribution in [1.29, 1.82) is 0 Å². The van der Waals surface area contributed by atoms with Crippen molar-refractivity contribution in [3.8, 4) is 22.3 Å². The third-order valence-corrected chi connectivity index (χ3v) is 7.00. The molecule has 2 aromatic carbocycles. The Bertz CT molecular complexity index is 1800. The van der Waals surface area contributed by atoms with Crippen LogP contribution in [-0.2, 0) is 16.1 Å². The number of rotatable bonds is 8. The number of hydrogen-bond acceptors (Lipinski definition) is 8. The Balaban J connectivity index is 0.000000467. The topological polar surface area (TPSA) is 198 Å². The third-order valence-electron chi connectivity index (χ3n) is 5.99. The van der Waals surface area contributed by atoms with E-state index in [4.69, 9.17) is 26.8 Å². The molecule has 12 nitrogen and oxygen atoms in total. The summed E-state index contributed by atoms with van der Waals surface area (Å²) in [4.78, 5) is 36.9. The van der Waals surface area contributed by atoms with Gasteiger partial charge in [0.1, 0.15) is 11.6 Å². The summed E-state index contributed by atoms with van der Waals surface area (Å²) in [6, 6.07) is 12.2. The molecule has 220 valence electrons. The van der Waals surface area contributed by atoms with Gasteiger partial charge >= 0.3 is 18.0 Å². The van der Waals surface area contributed by atoms with E-state index in [0.29, 0.717) is 35.9 Å². The molecular formula is C29H25FN6O6S. The number of primary amides is 1. The number of aliphatic hydroxyl groups is 1. The van der Waals surface area contributed by atoms with Gasteiger partial charge in [0.05, 0.1) is 30.7 Å². The molecule has 0 aliphatic carbocycles. The number of hydrogen-bond donors (Lipinski definition) is 5. The minimum atomic E-state index is -1.26. The van der Waals surface area contributed by atoms with Crippen molar-refractivity contribution in [2.75, 3.05) is 17.2 Å². The Morgan fingerprint density at radius 3 is 2.28 bits per heavy atom. The van der Waals surface area contributed by atoms with E-state index in [1.807, 2.05) is 23.7 Å². The molecule has 5 aromatic rings. The van der Waals surface area contributed by atoms with Gasteiger partial charge in [0, 0.05) is 51.3 Å². The number of nitrogen functional groups attached to an aromatic ring is 1. The summed E-state index contributed by atoms with van der Waals surface area (Å²) in [6.45, 7) is 0.410. The first-order chi connectivity index (χ1) is 20.6. The van der Waals surface area contributed by atoms with Gasteiger partial charge in [0.25, 0.3) is 0 Å². The highest BCUT2D eigenvalue weighted by Gasteiger charge is 2.18. The second-order valence-corrected chi connectivity index (χ2v) is 9.72. The zero-order chi connectivity index (χ0) is 31.1. The number of carboxylic acids is 2. The summed E-state index contributed by atoms with van der Waals surface area (Å²) in [5, 5.41) is 31.9. The van der Waals surface area contributed by atoms with Gasteiger partial charge in [-0.25, -0.2) is 23.8 Å². The Labute approximate surface area is 247 Å². The van der Waals surface area contributed by atoms with E-state index in [-0.39, 0.29) is 6.61 Å². The molecule has 14 heteroatoms. The number of benzene rings is 2. The van der Waals surface area contributed by atoms with Gasteiger partial charge in [-0.1, -0.05) is 18.2 Å². The number of fused-ring (bicyclic) bond motifs is 1. The van der Waals surface area contributed by atoms with Crippen LogP contribution in [0.4, 0.5) is 26.4 Å². The molecule has 0 saturated carbocycles. The van der Waals surface area contributed by atoms with Gasteiger partial charge in [-0.05, 0) is 41.3 Å². The third kappa shape index (κ3) is 7.19. The SMILES string of the molecule is NC(=O)N(c1ccc(-c2csc3c(-c4cnn(CCO)c4)cnc(N)c23)cc1)c1cccc(F)c1.O=C(O)C=CC(=O)O. The van der Waals surface area contributed by atoms with Gasteiger partial charge in [-0.3, -0.25) is 9.58 Å². The molecule has 0 radical (unpaired) electrons. The summed E-state index contributed by atoms with van der Waals surface area (Å²) in [5.41, 5.74) is 16.3. The number of thiophene rings is 1. The number of pyridine rings is 1. The van der Waals surface area contributed by atoms with Gasteiger partial charge in [-0.15, -0.1) is 11.3 Å². The molecule has 0 saturated heterocycles. The average Bonchev–Trinajstić information content (AvgIpc) is 3.62. The van der Waals surface area contributed by atoms with E-state index >= 15 is 0 Å². The smallest absolute Gasteiger partial charge is 0.328 e. The Kier molecular flexibility index (Phi) is 9.44. The largest absolute Gasteiger partial charge is 0.478 e. The molecule has 0 spiro atoms. The number of amides is 2. The van der Waals surface area contributed by atoms with Crippen LogP contribution in [0.1, 0.15) is 0 Å². The molecular weight excluding hydrogens is 579 g/mol. The normalized spacial score (nSPS) is 10.8. The van der Waals surface area contributed by atoms with E-state index in [1.54, 1.807) is 46.6 Å². The van der Waals surface area contributed by atoms with E-state index in [0.717, 1.165) is 32.3 Å². The second kappa shape index (κ2) is 13.4. The Morgan fingerprint density at radius 2 is 1.67 bits per heavy atom. The molecule has 5 rings (SSSR count). The second-order valence-electron chi connectivity index (χ2n) is 8.84. The maximum atomic E-state index is 13.7. The summed E-state index contributed by atoms with van der Waals surface area (Å²) < 4.78 is 16.4. The number of halogens is 1. The van der Waals surface area contributed by atoms with Crippen LogP contribution in [0, 0.1) is 5.82 Å². The van der Waals surface area contributed by atoms with E-state index in [1.165, 1.54) is 23.1 Å².